The number of nitrogens with one attached hydrogen (secondary N) is 3. The lowest BCUT2D eigenvalue weighted by atomic mass is 10.1. The van der Waals surface area contributed by atoms with Gasteiger partial charge in [0.25, 0.3) is 0 Å². The van der Waals surface area contributed by atoms with E-state index < -0.39 is 29.5 Å². The van der Waals surface area contributed by atoms with E-state index in [1.807, 2.05) is 37.3 Å². The molecule has 2 amide bonds. The lowest BCUT2D eigenvalue weighted by Crippen LogP contribution is -2.44. The number of anilines is 2. The average Bonchev–Trinajstić information content (AvgIpc) is 2.78. The Morgan fingerprint density at radius 3 is 2.24 bits per heavy atom. The van der Waals surface area contributed by atoms with E-state index in [0.717, 1.165) is 23.8 Å². The largest absolute Gasteiger partial charge is 0.365 e. The lowest BCUT2D eigenvalue weighted by Gasteiger charge is -2.17. The van der Waals surface area contributed by atoms with Crippen molar-refractivity contribution in [2.45, 2.75) is 38.8 Å². The summed E-state index contributed by atoms with van der Waals surface area (Å²) in [6, 6.07) is 11.9. The molecule has 0 aliphatic rings. The van der Waals surface area contributed by atoms with Gasteiger partial charge in [-0.3, -0.25) is 9.59 Å². The van der Waals surface area contributed by atoms with Crippen LogP contribution in [0.1, 0.15) is 30.9 Å². The molecule has 2 aromatic carbocycles. The number of carbonyl (C=O) groups excluding carboxylic acids is 2. The van der Waals surface area contributed by atoms with Gasteiger partial charge in [-0.25, -0.2) is 18.7 Å². The number of hydrogen-bond acceptors (Lipinski definition) is 5. The second-order valence-corrected chi connectivity index (χ2v) is 7.48. The van der Waals surface area contributed by atoms with Crippen molar-refractivity contribution in [3.63, 3.8) is 0 Å². The van der Waals surface area contributed by atoms with Crippen LogP contribution >= 0.6 is 0 Å². The van der Waals surface area contributed by atoms with Crippen molar-refractivity contribution in [2.75, 3.05) is 10.6 Å². The number of halogens is 2. The first-order valence-corrected chi connectivity index (χ1v) is 10.6. The Hall–Kier alpha value is -3.88. The van der Waals surface area contributed by atoms with Gasteiger partial charge in [0.1, 0.15) is 23.5 Å². The predicted molar refractivity (Wildman–Crippen MR) is 121 cm³/mol. The van der Waals surface area contributed by atoms with Gasteiger partial charge in [-0.15, -0.1) is 0 Å². The molecular weight excluding hydrogens is 428 g/mol. The number of rotatable bonds is 10. The van der Waals surface area contributed by atoms with Crippen LogP contribution in [0.15, 0.2) is 60.9 Å². The molecule has 1 aromatic heterocycles. The molecule has 3 aromatic rings. The summed E-state index contributed by atoms with van der Waals surface area (Å²) in [5, 5.41) is 8.40. The molecule has 0 radical (unpaired) electrons. The van der Waals surface area contributed by atoms with Gasteiger partial charge in [0, 0.05) is 12.6 Å². The van der Waals surface area contributed by atoms with Crippen LogP contribution in [0, 0.1) is 11.6 Å². The zero-order chi connectivity index (χ0) is 23.6. The summed E-state index contributed by atoms with van der Waals surface area (Å²) in [5.74, 6) is -1.69. The maximum absolute atomic E-state index is 13.3. The number of amides is 2. The second kappa shape index (κ2) is 11.7. The summed E-state index contributed by atoms with van der Waals surface area (Å²) in [6.45, 7) is 2.46. The van der Waals surface area contributed by atoms with E-state index >= 15 is 0 Å². The van der Waals surface area contributed by atoms with Gasteiger partial charge in [0.15, 0.2) is 5.82 Å². The van der Waals surface area contributed by atoms with E-state index in [1.165, 1.54) is 12.4 Å². The van der Waals surface area contributed by atoms with Crippen molar-refractivity contribution >= 4 is 23.5 Å². The van der Waals surface area contributed by atoms with Crippen LogP contribution in [0.5, 0.6) is 0 Å². The summed E-state index contributed by atoms with van der Waals surface area (Å²) in [6.07, 6.45) is 3.71. The summed E-state index contributed by atoms with van der Waals surface area (Å²) >= 11 is 0. The fourth-order valence-corrected chi connectivity index (χ4v) is 3.19. The minimum Gasteiger partial charge on any atom is -0.365 e. The molecule has 1 unspecified atom stereocenters. The molecular formula is C24H25F2N5O2. The molecule has 0 spiro atoms. The lowest BCUT2D eigenvalue weighted by molar-refractivity contribution is -0.126. The van der Waals surface area contributed by atoms with Crippen LogP contribution in [-0.2, 0) is 22.6 Å². The SMILES string of the molecule is CCCC(NC(=O)Cc1cc(F)cc(F)c1)C(=O)Nc1cnc(NCc2ccccc2)cn1. The highest BCUT2D eigenvalue weighted by molar-refractivity contribution is 5.96. The van der Waals surface area contributed by atoms with E-state index in [0.29, 0.717) is 25.2 Å². The van der Waals surface area contributed by atoms with Gasteiger partial charge in [0.2, 0.25) is 11.8 Å². The van der Waals surface area contributed by atoms with E-state index in [1.54, 1.807) is 0 Å². The van der Waals surface area contributed by atoms with E-state index in [2.05, 4.69) is 25.9 Å². The Labute approximate surface area is 190 Å². The van der Waals surface area contributed by atoms with Crippen molar-refractivity contribution in [1.29, 1.82) is 0 Å². The van der Waals surface area contributed by atoms with Crippen molar-refractivity contribution < 1.29 is 18.4 Å². The smallest absolute Gasteiger partial charge is 0.248 e. The first-order valence-electron chi connectivity index (χ1n) is 10.6. The molecule has 33 heavy (non-hydrogen) atoms. The third kappa shape index (κ3) is 7.64. The third-order valence-corrected chi connectivity index (χ3v) is 4.74. The average molecular weight is 453 g/mol. The summed E-state index contributed by atoms with van der Waals surface area (Å²) in [4.78, 5) is 33.4. The van der Waals surface area contributed by atoms with Crippen LogP contribution in [0.4, 0.5) is 20.4 Å². The number of hydrogen-bond donors (Lipinski definition) is 3. The molecule has 1 atom stereocenters. The van der Waals surface area contributed by atoms with Crippen LogP contribution in [0.3, 0.4) is 0 Å². The fraction of sp³-hybridized carbons (Fsp3) is 0.250. The zero-order valence-corrected chi connectivity index (χ0v) is 18.1. The topological polar surface area (TPSA) is 96.0 Å². The van der Waals surface area contributed by atoms with Crippen molar-refractivity contribution in [1.82, 2.24) is 15.3 Å². The number of benzene rings is 2. The van der Waals surface area contributed by atoms with Crippen LogP contribution in [0.2, 0.25) is 0 Å². The van der Waals surface area contributed by atoms with Gasteiger partial charge < -0.3 is 16.0 Å². The molecule has 3 rings (SSSR count). The van der Waals surface area contributed by atoms with Crippen molar-refractivity contribution in [3.05, 3.63) is 83.7 Å². The Balaban J connectivity index is 1.54. The van der Waals surface area contributed by atoms with E-state index in [4.69, 9.17) is 0 Å². The van der Waals surface area contributed by atoms with Gasteiger partial charge in [-0.2, -0.15) is 0 Å². The quantitative estimate of drug-likeness (QED) is 0.434. The molecule has 172 valence electrons. The van der Waals surface area contributed by atoms with Gasteiger partial charge in [0.05, 0.1) is 18.8 Å². The third-order valence-electron chi connectivity index (χ3n) is 4.74. The minimum absolute atomic E-state index is 0.185. The number of carbonyl (C=O) groups is 2. The molecule has 0 fully saturated rings. The Bertz CT molecular complexity index is 1060. The summed E-state index contributed by atoms with van der Waals surface area (Å²) in [5.41, 5.74) is 1.28. The number of aromatic nitrogens is 2. The van der Waals surface area contributed by atoms with Crippen molar-refractivity contribution in [3.8, 4) is 0 Å². The normalized spacial score (nSPS) is 11.5. The first kappa shape index (κ1) is 23.8. The maximum atomic E-state index is 13.3. The molecule has 0 aliphatic heterocycles. The minimum atomic E-state index is -0.821. The maximum Gasteiger partial charge on any atom is 0.248 e. The Morgan fingerprint density at radius 2 is 1.61 bits per heavy atom. The molecule has 9 heteroatoms. The summed E-state index contributed by atoms with van der Waals surface area (Å²) < 4.78 is 26.7. The molecule has 0 bridgehead atoms. The highest BCUT2D eigenvalue weighted by Crippen LogP contribution is 2.11. The second-order valence-electron chi connectivity index (χ2n) is 7.48. The summed E-state index contributed by atoms with van der Waals surface area (Å²) in [7, 11) is 0. The zero-order valence-electron chi connectivity index (χ0n) is 18.1. The van der Waals surface area contributed by atoms with Crippen LogP contribution in [-0.4, -0.2) is 27.8 Å². The Morgan fingerprint density at radius 1 is 0.939 bits per heavy atom. The van der Waals surface area contributed by atoms with E-state index in [-0.39, 0.29) is 17.8 Å². The predicted octanol–water partition coefficient (Wildman–Crippen LogP) is 3.83. The molecule has 0 aliphatic carbocycles. The van der Waals surface area contributed by atoms with E-state index in [9.17, 15) is 18.4 Å². The molecule has 7 nitrogen and oxygen atoms in total. The Kier molecular flexibility index (Phi) is 8.40. The molecule has 1 heterocycles. The first-order chi connectivity index (χ1) is 15.9. The monoisotopic (exact) mass is 453 g/mol. The highest BCUT2D eigenvalue weighted by atomic mass is 19.1. The van der Waals surface area contributed by atoms with Crippen molar-refractivity contribution in [2.24, 2.45) is 0 Å². The fourth-order valence-electron chi connectivity index (χ4n) is 3.19. The molecule has 3 N–H and O–H groups in total. The highest BCUT2D eigenvalue weighted by Gasteiger charge is 2.21. The standard InChI is InChI=1S/C24H25F2N5O2/c1-2-6-20(30-23(32)11-17-9-18(25)12-19(26)10-17)24(33)31-22-15-28-21(14-29-22)27-13-16-7-4-3-5-8-16/h3-5,7-10,12,14-15,20H,2,6,11,13H2,1H3,(H,27,28)(H,30,32)(H,29,31,33). The van der Waals surface area contributed by atoms with Gasteiger partial charge in [-0.1, -0.05) is 43.7 Å². The van der Waals surface area contributed by atoms with Gasteiger partial charge in [-0.05, 0) is 29.7 Å². The van der Waals surface area contributed by atoms with Crippen LogP contribution in [0.25, 0.3) is 0 Å². The molecule has 0 saturated heterocycles. The number of nitrogens with zero attached hydrogens (tertiary/aromatic N) is 2. The van der Waals surface area contributed by atoms with Crippen LogP contribution < -0.4 is 16.0 Å². The van der Waals surface area contributed by atoms with Gasteiger partial charge >= 0.3 is 0 Å². The molecule has 0 saturated carbocycles.